The van der Waals surface area contributed by atoms with Gasteiger partial charge in [0, 0.05) is 18.2 Å². The molecule has 0 spiro atoms. The van der Waals surface area contributed by atoms with Gasteiger partial charge in [-0.1, -0.05) is 24.8 Å². The first-order valence-electron chi connectivity index (χ1n) is 8.55. The van der Waals surface area contributed by atoms with Crippen molar-refractivity contribution in [1.82, 2.24) is 19.9 Å². The fourth-order valence-corrected chi connectivity index (χ4v) is 2.99. The summed E-state index contributed by atoms with van der Waals surface area (Å²) in [5.74, 6) is 0.543. The van der Waals surface area contributed by atoms with Crippen LogP contribution in [0.5, 0.6) is 0 Å². The fraction of sp³-hybridized carbons (Fsp3) is 0.143. The number of aromatic amines is 1. The number of nitrogens with zero attached hydrogens (tertiary/aromatic N) is 3. The van der Waals surface area contributed by atoms with Crippen LogP contribution in [-0.2, 0) is 11.2 Å². The highest BCUT2D eigenvalue weighted by Crippen LogP contribution is 2.34. The van der Waals surface area contributed by atoms with Gasteiger partial charge in [-0.25, -0.2) is 15.0 Å². The second-order valence-electron chi connectivity index (χ2n) is 6.52. The van der Waals surface area contributed by atoms with E-state index in [4.69, 9.17) is 4.42 Å². The minimum atomic E-state index is 0.0255. The van der Waals surface area contributed by atoms with Gasteiger partial charge in [-0.3, -0.25) is 4.79 Å². The number of aromatic nitrogens is 4. The molecule has 0 fully saturated rings. The third-order valence-corrected chi connectivity index (χ3v) is 4.36. The minimum absolute atomic E-state index is 0.0255. The molecule has 0 atom stereocenters. The minimum Gasteiger partial charge on any atom is -0.444 e. The first-order chi connectivity index (χ1) is 13.0. The maximum atomic E-state index is 12.0. The lowest BCUT2D eigenvalue weighted by molar-refractivity contribution is -0.114. The molecule has 4 rings (SSSR count). The number of H-pyrrole nitrogens is 1. The highest BCUT2D eigenvalue weighted by Gasteiger charge is 2.17. The van der Waals surface area contributed by atoms with Crippen molar-refractivity contribution < 1.29 is 9.21 Å². The fourth-order valence-electron chi connectivity index (χ4n) is 2.99. The zero-order valence-electron chi connectivity index (χ0n) is 15.1. The van der Waals surface area contributed by atoms with Gasteiger partial charge in [0.15, 0.2) is 5.78 Å². The van der Waals surface area contributed by atoms with Crippen molar-refractivity contribution in [2.24, 2.45) is 0 Å². The Bertz CT molecular complexity index is 1170. The van der Waals surface area contributed by atoms with Crippen LogP contribution in [0.3, 0.4) is 0 Å². The molecule has 27 heavy (non-hydrogen) atoms. The molecule has 0 unspecified atom stereocenters. The van der Waals surface area contributed by atoms with Crippen molar-refractivity contribution in [1.29, 1.82) is 0 Å². The second kappa shape index (κ2) is 6.64. The number of fused-ring (bicyclic) bond motifs is 1. The molecule has 134 valence electrons. The van der Waals surface area contributed by atoms with Gasteiger partial charge in [0.1, 0.15) is 18.2 Å². The van der Waals surface area contributed by atoms with Gasteiger partial charge in [0.25, 0.3) is 0 Å². The molecule has 0 aliphatic carbocycles. The summed E-state index contributed by atoms with van der Waals surface area (Å²) in [6.45, 7) is 7.32. The highest BCUT2D eigenvalue weighted by molar-refractivity contribution is 6.01. The number of Topliss-reactive ketones (excluding diaryl/α,β-unsaturated/α-hetero) is 1. The molecule has 0 aliphatic heterocycles. The van der Waals surface area contributed by atoms with Crippen molar-refractivity contribution in [2.45, 2.75) is 20.3 Å². The molecule has 0 bridgehead atoms. The molecule has 0 saturated heterocycles. The number of allylic oxidation sites excluding steroid dienone is 1. The van der Waals surface area contributed by atoms with E-state index >= 15 is 0 Å². The van der Waals surface area contributed by atoms with Gasteiger partial charge >= 0.3 is 0 Å². The third kappa shape index (κ3) is 3.17. The molecule has 1 aromatic carbocycles. The van der Waals surface area contributed by atoms with Crippen molar-refractivity contribution in [2.75, 3.05) is 0 Å². The van der Waals surface area contributed by atoms with Crippen molar-refractivity contribution in [3.63, 3.8) is 0 Å². The van der Waals surface area contributed by atoms with Crippen LogP contribution in [0.15, 0.2) is 59.6 Å². The predicted molar refractivity (Wildman–Crippen MR) is 103 cm³/mol. The topological polar surface area (TPSA) is 84.7 Å². The third-order valence-electron chi connectivity index (χ3n) is 4.36. The van der Waals surface area contributed by atoms with E-state index in [1.165, 1.54) is 6.33 Å². The summed E-state index contributed by atoms with van der Waals surface area (Å²) in [5, 5.41) is 0.836. The van der Waals surface area contributed by atoms with Crippen LogP contribution >= 0.6 is 0 Å². The van der Waals surface area contributed by atoms with Gasteiger partial charge in [-0.2, -0.15) is 0 Å². The van der Waals surface area contributed by atoms with Crippen LogP contribution < -0.4 is 0 Å². The summed E-state index contributed by atoms with van der Waals surface area (Å²) in [6, 6.07) is 7.79. The second-order valence-corrected chi connectivity index (χ2v) is 6.52. The van der Waals surface area contributed by atoms with Crippen LogP contribution in [0.4, 0.5) is 0 Å². The summed E-state index contributed by atoms with van der Waals surface area (Å²) in [5.41, 5.74) is 5.44. The number of hydrogen-bond acceptors (Lipinski definition) is 5. The predicted octanol–water partition coefficient (Wildman–Crippen LogP) is 4.28. The first-order valence-corrected chi connectivity index (χ1v) is 8.55. The molecule has 0 saturated carbocycles. The van der Waals surface area contributed by atoms with Crippen molar-refractivity contribution in [3.8, 4) is 22.7 Å². The Morgan fingerprint density at radius 1 is 1.30 bits per heavy atom. The molecule has 0 amide bonds. The Balaban J connectivity index is 1.84. The van der Waals surface area contributed by atoms with Gasteiger partial charge in [-0.15, -0.1) is 0 Å². The average molecular weight is 358 g/mol. The Hall–Kier alpha value is -3.54. The molecule has 4 aromatic rings. The van der Waals surface area contributed by atoms with Crippen LogP contribution in [0.1, 0.15) is 18.2 Å². The molecule has 6 nitrogen and oxygen atoms in total. The van der Waals surface area contributed by atoms with E-state index < -0.39 is 0 Å². The quantitative estimate of drug-likeness (QED) is 0.538. The standard InChI is InChI=1S/C21H18N4O2/c1-12(2)17(26)8-14-5-4-6-15(7-14)19-18-16(21-25-13(3)10-27-21)9-22-20(18)24-11-23-19/h4-7,9-11H,1,8H2,2-3H3,(H,22,23,24). The van der Waals surface area contributed by atoms with Crippen LogP contribution in [0, 0.1) is 6.92 Å². The Labute approximate surface area is 156 Å². The monoisotopic (exact) mass is 358 g/mol. The van der Waals surface area contributed by atoms with Crippen LogP contribution in [0.25, 0.3) is 33.7 Å². The number of hydrogen-bond donors (Lipinski definition) is 1. The average Bonchev–Trinajstić information content (AvgIpc) is 3.27. The zero-order valence-corrected chi connectivity index (χ0v) is 15.1. The number of carbonyl (C=O) groups is 1. The van der Waals surface area contributed by atoms with E-state index in [-0.39, 0.29) is 5.78 Å². The molecule has 0 aliphatic rings. The zero-order chi connectivity index (χ0) is 19.0. The lowest BCUT2D eigenvalue weighted by Gasteiger charge is -2.07. The normalized spacial score (nSPS) is 11.0. The van der Waals surface area contributed by atoms with Gasteiger partial charge in [-0.05, 0) is 31.1 Å². The Morgan fingerprint density at radius 3 is 2.89 bits per heavy atom. The smallest absolute Gasteiger partial charge is 0.228 e. The summed E-state index contributed by atoms with van der Waals surface area (Å²) in [7, 11) is 0. The number of nitrogens with one attached hydrogen (secondary N) is 1. The van der Waals surface area contributed by atoms with E-state index in [2.05, 4.69) is 26.5 Å². The molecular formula is C21H18N4O2. The van der Waals surface area contributed by atoms with Crippen molar-refractivity contribution in [3.05, 3.63) is 66.5 Å². The van der Waals surface area contributed by atoms with E-state index in [0.29, 0.717) is 23.5 Å². The Morgan fingerprint density at radius 2 is 2.15 bits per heavy atom. The highest BCUT2D eigenvalue weighted by atomic mass is 16.3. The van der Waals surface area contributed by atoms with E-state index in [9.17, 15) is 4.79 Å². The van der Waals surface area contributed by atoms with E-state index in [1.54, 1.807) is 13.2 Å². The number of benzene rings is 1. The lowest BCUT2D eigenvalue weighted by Crippen LogP contribution is -2.03. The number of rotatable bonds is 5. The molecule has 1 N–H and O–H groups in total. The molecule has 6 heteroatoms. The molecular weight excluding hydrogens is 340 g/mol. The molecule has 3 heterocycles. The SMILES string of the molecule is C=C(C)C(=O)Cc1cccc(-c2ncnc3[nH]cc(-c4nc(C)co4)c23)c1. The van der Waals surface area contributed by atoms with Gasteiger partial charge in [0.05, 0.1) is 22.3 Å². The van der Waals surface area contributed by atoms with E-state index in [0.717, 1.165) is 33.5 Å². The number of ketones is 1. The molecule has 0 radical (unpaired) electrons. The summed E-state index contributed by atoms with van der Waals surface area (Å²) >= 11 is 0. The van der Waals surface area contributed by atoms with Crippen LogP contribution in [0.2, 0.25) is 0 Å². The Kier molecular flexibility index (Phi) is 4.16. The van der Waals surface area contributed by atoms with Gasteiger partial charge in [0.2, 0.25) is 5.89 Å². The lowest BCUT2D eigenvalue weighted by atomic mass is 10.00. The number of oxazole rings is 1. The number of aryl methyl sites for hydroxylation is 1. The largest absolute Gasteiger partial charge is 0.444 e. The number of carbonyl (C=O) groups excluding carboxylic acids is 1. The maximum absolute atomic E-state index is 12.0. The summed E-state index contributed by atoms with van der Waals surface area (Å²) in [4.78, 5) is 28.4. The summed E-state index contributed by atoms with van der Waals surface area (Å²) in [6.07, 6.45) is 5.27. The summed E-state index contributed by atoms with van der Waals surface area (Å²) < 4.78 is 5.57. The maximum Gasteiger partial charge on any atom is 0.228 e. The van der Waals surface area contributed by atoms with Crippen molar-refractivity contribution >= 4 is 16.8 Å². The van der Waals surface area contributed by atoms with Crippen LogP contribution in [-0.4, -0.2) is 25.7 Å². The molecule has 3 aromatic heterocycles. The van der Waals surface area contributed by atoms with E-state index in [1.807, 2.05) is 37.4 Å². The van der Waals surface area contributed by atoms with Gasteiger partial charge < -0.3 is 9.40 Å². The first kappa shape index (κ1) is 16.9.